The van der Waals surface area contributed by atoms with Crippen molar-refractivity contribution in [1.29, 1.82) is 0 Å². The van der Waals surface area contributed by atoms with Crippen LogP contribution in [0.25, 0.3) is 22.3 Å². The van der Waals surface area contributed by atoms with Gasteiger partial charge in [-0.1, -0.05) is 29.8 Å². The van der Waals surface area contributed by atoms with Gasteiger partial charge < -0.3 is 10.1 Å². The van der Waals surface area contributed by atoms with Gasteiger partial charge in [0.25, 0.3) is 5.56 Å². The summed E-state index contributed by atoms with van der Waals surface area (Å²) in [7, 11) is 3.07. The molecule has 4 rings (SSSR count). The molecule has 4 aromatic rings. The van der Waals surface area contributed by atoms with Crippen molar-refractivity contribution in [3.63, 3.8) is 0 Å². The fourth-order valence-electron chi connectivity index (χ4n) is 3.95. The summed E-state index contributed by atoms with van der Waals surface area (Å²) in [5, 5.41) is 4.55. The molecule has 0 fully saturated rings. The Morgan fingerprint density at radius 1 is 1.12 bits per heavy atom. The highest BCUT2D eigenvalue weighted by atomic mass is 35.5. The number of hydrogen-bond donors (Lipinski definition) is 1. The number of nitrogens with zero attached hydrogens (tertiary/aromatic N) is 2. The van der Waals surface area contributed by atoms with Gasteiger partial charge in [-0.2, -0.15) is 0 Å². The quantitative estimate of drug-likeness (QED) is 0.396. The number of anilines is 1. The molecule has 1 N–H and O–H groups in total. The third kappa shape index (κ3) is 4.34. The maximum atomic E-state index is 13.3. The first-order valence-corrected chi connectivity index (χ1v) is 10.9. The van der Waals surface area contributed by atoms with E-state index in [0.29, 0.717) is 33.0 Å². The van der Waals surface area contributed by atoms with E-state index in [1.54, 1.807) is 35.9 Å². The van der Waals surface area contributed by atoms with Crippen LogP contribution >= 0.6 is 11.6 Å². The SMILES string of the molecule is COC(=O)c1ccccc1NC(C)c1cc(C)cc2c(=O)n(C)c(-c3ccc(Cl)cc3)nc12. The molecule has 1 aromatic heterocycles. The minimum Gasteiger partial charge on any atom is -0.465 e. The van der Waals surface area contributed by atoms with Crippen LogP contribution in [0.4, 0.5) is 5.69 Å². The molecule has 0 aliphatic carbocycles. The van der Waals surface area contributed by atoms with Gasteiger partial charge in [0.15, 0.2) is 0 Å². The lowest BCUT2D eigenvalue weighted by Crippen LogP contribution is -2.22. The van der Waals surface area contributed by atoms with Gasteiger partial charge in [0.1, 0.15) is 5.82 Å². The summed E-state index contributed by atoms with van der Waals surface area (Å²) in [5.74, 6) is 0.132. The normalized spacial score (nSPS) is 11.9. The first-order chi connectivity index (χ1) is 15.8. The van der Waals surface area contributed by atoms with Crippen LogP contribution in [0, 0.1) is 6.92 Å². The number of para-hydroxylation sites is 1. The van der Waals surface area contributed by atoms with E-state index in [9.17, 15) is 9.59 Å². The highest BCUT2D eigenvalue weighted by Gasteiger charge is 2.19. The molecular weight excluding hydrogens is 438 g/mol. The largest absolute Gasteiger partial charge is 0.465 e. The van der Waals surface area contributed by atoms with E-state index in [1.807, 2.05) is 50.2 Å². The molecule has 6 nitrogen and oxygen atoms in total. The minimum atomic E-state index is -0.420. The first kappa shape index (κ1) is 22.6. The third-order valence-corrected chi connectivity index (χ3v) is 5.88. The van der Waals surface area contributed by atoms with Crippen LogP contribution in [0.5, 0.6) is 0 Å². The number of rotatable bonds is 5. The van der Waals surface area contributed by atoms with Gasteiger partial charge in [0.05, 0.1) is 29.6 Å². The van der Waals surface area contributed by atoms with Gasteiger partial charge in [0, 0.05) is 28.9 Å². The number of hydrogen-bond acceptors (Lipinski definition) is 5. The fourth-order valence-corrected chi connectivity index (χ4v) is 4.07. The number of benzene rings is 3. The van der Waals surface area contributed by atoms with E-state index in [0.717, 1.165) is 16.7 Å². The van der Waals surface area contributed by atoms with Crippen molar-refractivity contribution in [3.8, 4) is 11.4 Å². The summed E-state index contributed by atoms with van der Waals surface area (Å²) in [6.07, 6.45) is 0. The smallest absolute Gasteiger partial charge is 0.339 e. The molecule has 0 aliphatic rings. The molecule has 33 heavy (non-hydrogen) atoms. The molecule has 1 unspecified atom stereocenters. The maximum Gasteiger partial charge on any atom is 0.339 e. The van der Waals surface area contributed by atoms with Crippen LogP contribution in [0.1, 0.15) is 34.5 Å². The van der Waals surface area contributed by atoms with Gasteiger partial charge in [-0.05, 0) is 61.9 Å². The third-order valence-electron chi connectivity index (χ3n) is 5.63. The van der Waals surface area contributed by atoms with Crippen LogP contribution in [0.15, 0.2) is 65.5 Å². The number of ether oxygens (including phenoxy) is 1. The van der Waals surface area contributed by atoms with Crippen molar-refractivity contribution in [1.82, 2.24) is 9.55 Å². The van der Waals surface area contributed by atoms with E-state index in [2.05, 4.69) is 5.32 Å². The van der Waals surface area contributed by atoms with E-state index >= 15 is 0 Å². The Bertz CT molecular complexity index is 1410. The van der Waals surface area contributed by atoms with Crippen molar-refractivity contribution in [3.05, 3.63) is 92.7 Å². The monoisotopic (exact) mass is 461 g/mol. The number of carbonyl (C=O) groups excluding carboxylic acids is 1. The Labute approximate surface area is 196 Å². The zero-order chi connectivity index (χ0) is 23.7. The number of methoxy groups -OCH3 is 1. The molecule has 1 atom stereocenters. The van der Waals surface area contributed by atoms with Crippen LogP contribution < -0.4 is 10.9 Å². The van der Waals surface area contributed by atoms with Gasteiger partial charge in [0.2, 0.25) is 0 Å². The topological polar surface area (TPSA) is 73.2 Å². The van der Waals surface area contributed by atoms with Gasteiger partial charge in [-0.25, -0.2) is 9.78 Å². The fraction of sp³-hybridized carbons (Fsp3) is 0.192. The predicted molar refractivity (Wildman–Crippen MR) is 132 cm³/mol. The second kappa shape index (κ2) is 9.08. The highest BCUT2D eigenvalue weighted by molar-refractivity contribution is 6.30. The Hall–Kier alpha value is -3.64. The lowest BCUT2D eigenvalue weighted by atomic mass is 10.00. The molecule has 0 amide bonds. The highest BCUT2D eigenvalue weighted by Crippen LogP contribution is 2.29. The Morgan fingerprint density at radius 3 is 2.52 bits per heavy atom. The average molecular weight is 462 g/mol. The average Bonchev–Trinajstić information content (AvgIpc) is 2.81. The minimum absolute atomic E-state index is 0.128. The van der Waals surface area contributed by atoms with E-state index in [-0.39, 0.29) is 11.6 Å². The predicted octanol–water partition coefficient (Wildman–Crippen LogP) is 5.52. The summed E-state index contributed by atoms with van der Waals surface area (Å²) in [5.41, 5.74) is 4.18. The molecule has 0 spiro atoms. The molecule has 3 aromatic carbocycles. The summed E-state index contributed by atoms with van der Waals surface area (Å²) >= 11 is 6.04. The van der Waals surface area contributed by atoms with Crippen LogP contribution in [0.3, 0.4) is 0 Å². The second-order valence-corrected chi connectivity index (χ2v) is 8.40. The van der Waals surface area contributed by atoms with Crippen molar-refractivity contribution >= 4 is 34.2 Å². The van der Waals surface area contributed by atoms with Crippen LogP contribution in [-0.2, 0) is 11.8 Å². The Balaban J connectivity index is 1.87. The number of carbonyl (C=O) groups is 1. The molecule has 0 aliphatic heterocycles. The standard InChI is InChI=1S/C26H24ClN3O3/c1-15-13-20(16(2)28-22-8-6-5-7-19(22)26(32)33-4)23-21(14-15)25(31)30(3)24(29-23)17-9-11-18(27)12-10-17/h5-14,16,28H,1-4H3. The van der Waals surface area contributed by atoms with E-state index in [4.69, 9.17) is 21.3 Å². The van der Waals surface area contributed by atoms with Gasteiger partial charge >= 0.3 is 5.97 Å². The van der Waals surface area contributed by atoms with Gasteiger partial charge in [-0.15, -0.1) is 0 Å². The van der Waals surface area contributed by atoms with Crippen molar-refractivity contribution in [2.75, 3.05) is 12.4 Å². The number of aromatic nitrogens is 2. The molecule has 7 heteroatoms. The number of esters is 1. The molecule has 168 valence electrons. The summed E-state index contributed by atoms with van der Waals surface area (Å²) < 4.78 is 6.47. The number of aryl methyl sites for hydroxylation is 1. The van der Waals surface area contributed by atoms with Crippen LogP contribution in [0.2, 0.25) is 5.02 Å². The zero-order valence-corrected chi connectivity index (χ0v) is 19.6. The van der Waals surface area contributed by atoms with Crippen molar-refractivity contribution in [2.45, 2.75) is 19.9 Å². The second-order valence-electron chi connectivity index (χ2n) is 7.96. The summed E-state index contributed by atoms with van der Waals surface area (Å²) in [6.45, 7) is 3.92. The number of nitrogens with one attached hydrogen (secondary N) is 1. The van der Waals surface area contributed by atoms with Crippen molar-refractivity contribution < 1.29 is 9.53 Å². The summed E-state index contributed by atoms with van der Waals surface area (Å²) in [4.78, 5) is 30.4. The zero-order valence-electron chi connectivity index (χ0n) is 18.8. The van der Waals surface area contributed by atoms with Crippen molar-refractivity contribution in [2.24, 2.45) is 7.05 Å². The number of fused-ring (bicyclic) bond motifs is 1. The van der Waals surface area contributed by atoms with E-state index < -0.39 is 5.97 Å². The van der Waals surface area contributed by atoms with Gasteiger partial charge in [-0.3, -0.25) is 9.36 Å². The Kier molecular flexibility index (Phi) is 6.20. The lowest BCUT2D eigenvalue weighted by Gasteiger charge is -2.20. The molecule has 0 radical (unpaired) electrons. The lowest BCUT2D eigenvalue weighted by molar-refractivity contribution is 0.0602. The molecule has 0 saturated carbocycles. The molecule has 1 heterocycles. The first-order valence-electron chi connectivity index (χ1n) is 10.5. The molecular formula is C26H24ClN3O3. The van der Waals surface area contributed by atoms with E-state index in [1.165, 1.54) is 7.11 Å². The Morgan fingerprint density at radius 2 is 1.82 bits per heavy atom. The summed E-state index contributed by atoms with van der Waals surface area (Å²) in [6, 6.07) is 18.0. The maximum absolute atomic E-state index is 13.3. The molecule has 0 saturated heterocycles. The molecule has 0 bridgehead atoms. The number of halogens is 1. The van der Waals surface area contributed by atoms with Crippen LogP contribution in [-0.4, -0.2) is 22.6 Å².